The van der Waals surface area contributed by atoms with Crippen LogP contribution in [0.25, 0.3) is 21.9 Å². The lowest BCUT2D eigenvalue weighted by atomic mass is 9.98. The Morgan fingerprint density at radius 2 is 1.42 bits per heavy atom. The van der Waals surface area contributed by atoms with Crippen molar-refractivity contribution >= 4 is 22.8 Å². The normalized spacial score (nSPS) is 13.1. The zero-order chi connectivity index (χ0) is 22.8. The molecule has 5 nitrogen and oxygen atoms in total. The van der Waals surface area contributed by atoms with E-state index < -0.39 is 18.1 Å². The Balaban J connectivity index is 1.22. The van der Waals surface area contributed by atoms with E-state index >= 15 is 0 Å². The first-order valence-electron chi connectivity index (χ1n) is 10.9. The highest BCUT2D eigenvalue weighted by atomic mass is 16.6. The molecule has 1 amide bonds. The van der Waals surface area contributed by atoms with Gasteiger partial charge in [0.15, 0.2) is 0 Å². The van der Waals surface area contributed by atoms with Crippen molar-refractivity contribution in [1.82, 2.24) is 5.32 Å². The van der Waals surface area contributed by atoms with Crippen LogP contribution in [0.4, 0.5) is 4.79 Å². The largest absolute Gasteiger partial charge is 0.449 e. The summed E-state index contributed by atoms with van der Waals surface area (Å²) in [6, 6.07) is 28.6. The fourth-order valence-corrected chi connectivity index (χ4v) is 4.36. The average molecular weight is 437 g/mol. The van der Waals surface area contributed by atoms with Gasteiger partial charge in [0.1, 0.15) is 18.4 Å². The van der Waals surface area contributed by atoms with Crippen LogP contribution in [0, 0.1) is 0 Å². The molecule has 0 spiro atoms. The maximum absolute atomic E-state index is 12.6. The molecule has 0 bridgehead atoms. The Morgan fingerprint density at radius 3 is 2.15 bits per heavy atom. The quantitative estimate of drug-likeness (QED) is 0.323. The van der Waals surface area contributed by atoms with Crippen LogP contribution in [-0.2, 0) is 9.53 Å². The first-order valence-corrected chi connectivity index (χ1v) is 10.9. The SMILES string of the molecule is C[C@H](NC(=O)OCC1c2ccccc2-c2ccccc21)C(=O)Oc1cccc2ccccc12. The van der Waals surface area contributed by atoms with Crippen LogP contribution in [0.3, 0.4) is 0 Å². The van der Waals surface area contributed by atoms with E-state index in [4.69, 9.17) is 9.47 Å². The summed E-state index contributed by atoms with van der Waals surface area (Å²) in [5, 5.41) is 4.39. The number of hydrogen-bond donors (Lipinski definition) is 1. The van der Waals surface area contributed by atoms with E-state index in [-0.39, 0.29) is 12.5 Å². The molecule has 0 saturated heterocycles. The minimum atomic E-state index is -0.861. The minimum Gasteiger partial charge on any atom is -0.449 e. The number of fused-ring (bicyclic) bond motifs is 4. The predicted octanol–water partition coefficient (Wildman–Crippen LogP) is 5.67. The first-order chi connectivity index (χ1) is 16.1. The van der Waals surface area contributed by atoms with Crippen molar-refractivity contribution in [3.63, 3.8) is 0 Å². The smallest absolute Gasteiger partial charge is 0.407 e. The number of esters is 1. The Labute approximate surface area is 192 Å². The van der Waals surface area contributed by atoms with Crippen LogP contribution in [0.5, 0.6) is 5.75 Å². The number of nitrogens with one attached hydrogen (secondary N) is 1. The van der Waals surface area contributed by atoms with Crippen LogP contribution in [0.1, 0.15) is 24.0 Å². The predicted molar refractivity (Wildman–Crippen MR) is 127 cm³/mol. The number of benzene rings is 4. The zero-order valence-electron chi connectivity index (χ0n) is 18.2. The molecule has 33 heavy (non-hydrogen) atoms. The minimum absolute atomic E-state index is 0.0407. The molecule has 5 rings (SSSR count). The summed E-state index contributed by atoms with van der Waals surface area (Å²) >= 11 is 0. The molecule has 1 aliphatic carbocycles. The van der Waals surface area contributed by atoms with E-state index in [1.165, 1.54) is 0 Å². The lowest BCUT2D eigenvalue weighted by Gasteiger charge is -2.17. The first kappa shape index (κ1) is 20.8. The molecule has 0 radical (unpaired) electrons. The van der Waals surface area contributed by atoms with E-state index in [9.17, 15) is 9.59 Å². The number of amides is 1. The summed E-state index contributed by atoms with van der Waals surface area (Å²) in [6.07, 6.45) is -0.653. The van der Waals surface area contributed by atoms with Crippen molar-refractivity contribution in [3.05, 3.63) is 102 Å². The third-order valence-electron chi connectivity index (χ3n) is 5.99. The van der Waals surface area contributed by atoms with E-state index in [1.54, 1.807) is 13.0 Å². The molecular formula is C28H23NO4. The van der Waals surface area contributed by atoms with Crippen molar-refractivity contribution < 1.29 is 19.1 Å². The average Bonchev–Trinajstić information content (AvgIpc) is 3.16. The molecule has 0 aliphatic heterocycles. The highest BCUT2D eigenvalue weighted by Gasteiger charge is 2.29. The van der Waals surface area contributed by atoms with Gasteiger partial charge < -0.3 is 14.8 Å². The summed E-state index contributed by atoms with van der Waals surface area (Å²) in [5.74, 6) is -0.139. The standard InChI is InChI=1S/C28H23NO4/c1-18(27(30)33-26-16-8-10-19-9-2-3-11-20(19)26)29-28(31)32-17-25-23-14-6-4-12-21(23)22-13-5-7-15-24(22)25/h2-16,18,25H,17H2,1H3,(H,29,31)/t18-/m0/s1. The zero-order valence-corrected chi connectivity index (χ0v) is 18.2. The summed E-state index contributed by atoms with van der Waals surface area (Å²) < 4.78 is 11.1. The second kappa shape index (κ2) is 8.79. The molecule has 5 heteroatoms. The van der Waals surface area contributed by atoms with Crippen molar-refractivity contribution in [2.75, 3.05) is 6.61 Å². The molecule has 0 unspecified atom stereocenters. The number of rotatable bonds is 5. The van der Waals surface area contributed by atoms with Gasteiger partial charge in [-0.3, -0.25) is 0 Å². The lowest BCUT2D eigenvalue weighted by molar-refractivity contribution is -0.136. The molecule has 1 N–H and O–H groups in total. The molecule has 0 fully saturated rings. The van der Waals surface area contributed by atoms with E-state index in [2.05, 4.69) is 29.6 Å². The Hall–Kier alpha value is -4.12. The van der Waals surface area contributed by atoms with Crippen molar-refractivity contribution in [2.45, 2.75) is 18.9 Å². The number of carbonyl (C=O) groups excluding carboxylic acids is 2. The summed E-state index contributed by atoms with van der Waals surface area (Å²) in [7, 11) is 0. The molecule has 0 aromatic heterocycles. The molecule has 4 aromatic carbocycles. The summed E-state index contributed by atoms with van der Waals surface area (Å²) in [5.41, 5.74) is 4.59. The molecule has 0 saturated carbocycles. The fourth-order valence-electron chi connectivity index (χ4n) is 4.36. The van der Waals surface area contributed by atoms with E-state index in [0.29, 0.717) is 5.75 Å². The van der Waals surface area contributed by atoms with Crippen LogP contribution < -0.4 is 10.1 Å². The Morgan fingerprint density at radius 1 is 0.818 bits per heavy atom. The third-order valence-corrected chi connectivity index (χ3v) is 5.99. The van der Waals surface area contributed by atoms with E-state index in [0.717, 1.165) is 33.0 Å². The van der Waals surface area contributed by atoms with Crippen LogP contribution in [0.2, 0.25) is 0 Å². The van der Waals surface area contributed by atoms with Crippen molar-refractivity contribution in [3.8, 4) is 16.9 Å². The second-order valence-corrected chi connectivity index (χ2v) is 8.09. The molecule has 1 atom stereocenters. The molecule has 4 aromatic rings. The Bertz CT molecular complexity index is 1300. The maximum Gasteiger partial charge on any atom is 0.407 e. The second-order valence-electron chi connectivity index (χ2n) is 8.09. The van der Waals surface area contributed by atoms with Gasteiger partial charge in [0.25, 0.3) is 0 Å². The van der Waals surface area contributed by atoms with Gasteiger partial charge in [-0.2, -0.15) is 0 Å². The van der Waals surface area contributed by atoms with E-state index in [1.807, 2.05) is 60.7 Å². The van der Waals surface area contributed by atoms with Gasteiger partial charge in [-0.1, -0.05) is 84.9 Å². The lowest BCUT2D eigenvalue weighted by Crippen LogP contribution is -2.41. The molecule has 164 valence electrons. The van der Waals surface area contributed by atoms with Crippen LogP contribution in [0.15, 0.2) is 91.0 Å². The van der Waals surface area contributed by atoms with Crippen LogP contribution >= 0.6 is 0 Å². The number of carbonyl (C=O) groups is 2. The molecular weight excluding hydrogens is 414 g/mol. The summed E-state index contributed by atoms with van der Waals surface area (Å²) in [6.45, 7) is 1.76. The van der Waals surface area contributed by atoms with Gasteiger partial charge in [-0.05, 0) is 40.6 Å². The molecule has 1 aliphatic rings. The monoisotopic (exact) mass is 437 g/mol. The Kier molecular flexibility index (Phi) is 5.53. The highest BCUT2D eigenvalue weighted by Crippen LogP contribution is 2.44. The van der Waals surface area contributed by atoms with Crippen LogP contribution in [-0.4, -0.2) is 24.7 Å². The van der Waals surface area contributed by atoms with Gasteiger partial charge in [0.2, 0.25) is 0 Å². The number of ether oxygens (including phenoxy) is 2. The molecule has 0 heterocycles. The van der Waals surface area contributed by atoms with Gasteiger partial charge in [0.05, 0.1) is 0 Å². The number of alkyl carbamates (subject to hydrolysis) is 1. The van der Waals surface area contributed by atoms with Crippen molar-refractivity contribution in [1.29, 1.82) is 0 Å². The van der Waals surface area contributed by atoms with Gasteiger partial charge in [-0.15, -0.1) is 0 Å². The summed E-state index contributed by atoms with van der Waals surface area (Å²) in [4.78, 5) is 25.0. The highest BCUT2D eigenvalue weighted by molar-refractivity contribution is 5.91. The van der Waals surface area contributed by atoms with Crippen molar-refractivity contribution in [2.24, 2.45) is 0 Å². The van der Waals surface area contributed by atoms with Gasteiger partial charge in [0, 0.05) is 11.3 Å². The van der Waals surface area contributed by atoms with Gasteiger partial charge >= 0.3 is 12.1 Å². The maximum atomic E-state index is 12.6. The fraction of sp³-hybridized carbons (Fsp3) is 0.143. The third kappa shape index (κ3) is 4.05. The number of hydrogen-bond acceptors (Lipinski definition) is 4. The topological polar surface area (TPSA) is 64.6 Å². The van der Waals surface area contributed by atoms with Gasteiger partial charge in [-0.25, -0.2) is 9.59 Å².